The SMILES string of the molecule is Cc1ccc(-c2ncc(CN3CC[C@H](CO)C[C@@H]3C)s2)o1. The molecule has 0 spiro atoms. The lowest BCUT2D eigenvalue weighted by Gasteiger charge is -2.36. The third-order valence-corrected chi connectivity index (χ3v) is 5.24. The lowest BCUT2D eigenvalue weighted by molar-refractivity contribution is 0.0846. The van der Waals surface area contributed by atoms with Crippen LogP contribution in [0, 0.1) is 12.8 Å². The van der Waals surface area contributed by atoms with Gasteiger partial charge in [0.05, 0.1) is 0 Å². The minimum Gasteiger partial charge on any atom is -0.459 e. The van der Waals surface area contributed by atoms with Gasteiger partial charge < -0.3 is 9.52 Å². The number of aryl methyl sites for hydroxylation is 1. The van der Waals surface area contributed by atoms with Gasteiger partial charge in [0.2, 0.25) is 0 Å². The Balaban J connectivity index is 1.65. The molecule has 3 rings (SSSR count). The number of aliphatic hydroxyl groups excluding tert-OH is 1. The van der Waals surface area contributed by atoms with Crippen molar-refractivity contribution in [3.8, 4) is 10.8 Å². The van der Waals surface area contributed by atoms with E-state index in [0.29, 0.717) is 18.6 Å². The predicted octanol–water partition coefficient (Wildman–Crippen LogP) is 3.30. The highest BCUT2D eigenvalue weighted by molar-refractivity contribution is 7.14. The molecule has 1 fully saturated rings. The third-order valence-electron chi connectivity index (χ3n) is 4.24. The largest absolute Gasteiger partial charge is 0.459 e. The van der Waals surface area contributed by atoms with E-state index in [0.717, 1.165) is 42.5 Å². The summed E-state index contributed by atoms with van der Waals surface area (Å²) in [7, 11) is 0. The number of thiazole rings is 1. The first-order valence-corrected chi connectivity index (χ1v) is 8.33. The molecule has 1 aliphatic rings. The molecule has 0 unspecified atom stereocenters. The Morgan fingerprint density at radius 1 is 1.48 bits per heavy atom. The van der Waals surface area contributed by atoms with Crippen molar-refractivity contribution in [2.24, 2.45) is 5.92 Å². The summed E-state index contributed by atoms with van der Waals surface area (Å²) in [5.41, 5.74) is 0. The Hall–Kier alpha value is -1.17. The molecule has 114 valence electrons. The Bertz CT molecular complexity index is 593. The highest BCUT2D eigenvalue weighted by atomic mass is 32.1. The maximum atomic E-state index is 9.28. The highest BCUT2D eigenvalue weighted by Gasteiger charge is 2.25. The van der Waals surface area contributed by atoms with E-state index in [1.54, 1.807) is 11.3 Å². The summed E-state index contributed by atoms with van der Waals surface area (Å²) in [4.78, 5) is 8.23. The summed E-state index contributed by atoms with van der Waals surface area (Å²) < 4.78 is 5.63. The molecule has 1 aliphatic heterocycles. The Labute approximate surface area is 129 Å². The number of hydrogen-bond acceptors (Lipinski definition) is 5. The quantitative estimate of drug-likeness (QED) is 0.941. The van der Waals surface area contributed by atoms with Crippen LogP contribution in [0.2, 0.25) is 0 Å². The topological polar surface area (TPSA) is 49.5 Å². The fourth-order valence-corrected chi connectivity index (χ4v) is 3.86. The van der Waals surface area contributed by atoms with E-state index in [1.807, 2.05) is 25.3 Å². The molecule has 0 amide bonds. The zero-order valence-corrected chi connectivity index (χ0v) is 13.4. The summed E-state index contributed by atoms with van der Waals surface area (Å²) in [6.07, 6.45) is 4.13. The molecule has 3 heterocycles. The van der Waals surface area contributed by atoms with Crippen LogP contribution in [0.5, 0.6) is 0 Å². The number of piperidine rings is 1. The van der Waals surface area contributed by atoms with Gasteiger partial charge in [0.25, 0.3) is 0 Å². The molecule has 2 aromatic heterocycles. The van der Waals surface area contributed by atoms with Crippen molar-refractivity contribution >= 4 is 11.3 Å². The van der Waals surface area contributed by atoms with Crippen molar-refractivity contribution in [2.75, 3.05) is 13.2 Å². The van der Waals surface area contributed by atoms with Gasteiger partial charge in [0, 0.05) is 30.3 Å². The molecule has 0 saturated carbocycles. The highest BCUT2D eigenvalue weighted by Crippen LogP contribution is 2.29. The van der Waals surface area contributed by atoms with Gasteiger partial charge in [-0.15, -0.1) is 11.3 Å². The first kappa shape index (κ1) is 14.8. The second kappa shape index (κ2) is 6.30. The summed E-state index contributed by atoms with van der Waals surface area (Å²) in [5.74, 6) is 2.25. The van der Waals surface area contributed by atoms with Gasteiger partial charge in [0.1, 0.15) is 5.76 Å². The van der Waals surface area contributed by atoms with Gasteiger partial charge in [-0.05, 0) is 51.3 Å². The molecule has 1 saturated heterocycles. The number of rotatable bonds is 4. The van der Waals surface area contributed by atoms with E-state index >= 15 is 0 Å². The molecule has 0 radical (unpaired) electrons. The normalized spacial score (nSPS) is 23.6. The average Bonchev–Trinajstić information content (AvgIpc) is 3.10. The Morgan fingerprint density at radius 3 is 3.00 bits per heavy atom. The molecule has 1 N–H and O–H groups in total. The number of likely N-dealkylation sites (tertiary alicyclic amines) is 1. The molecule has 0 aliphatic carbocycles. The van der Waals surface area contributed by atoms with E-state index in [-0.39, 0.29) is 0 Å². The summed E-state index contributed by atoms with van der Waals surface area (Å²) in [6.45, 7) is 6.52. The van der Waals surface area contributed by atoms with E-state index < -0.39 is 0 Å². The molecule has 0 aromatic carbocycles. The second-order valence-corrected chi connectivity index (χ2v) is 7.05. The average molecular weight is 306 g/mol. The van der Waals surface area contributed by atoms with Gasteiger partial charge >= 0.3 is 0 Å². The van der Waals surface area contributed by atoms with Gasteiger partial charge in [-0.2, -0.15) is 0 Å². The molecular weight excluding hydrogens is 284 g/mol. The van der Waals surface area contributed by atoms with E-state index in [4.69, 9.17) is 4.42 Å². The molecule has 4 nitrogen and oxygen atoms in total. The zero-order chi connectivity index (χ0) is 14.8. The molecule has 2 atom stereocenters. The van der Waals surface area contributed by atoms with Gasteiger partial charge in [-0.25, -0.2) is 4.98 Å². The molecular formula is C16H22N2O2S. The Kier molecular flexibility index (Phi) is 4.42. The second-order valence-electron chi connectivity index (χ2n) is 5.93. The van der Waals surface area contributed by atoms with Crippen LogP contribution in [-0.2, 0) is 6.54 Å². The van der Waals surface area contributed by atoms with Crippen LogP contribution < -0.4 is 0 Å². The number of furan rings is 1. The first-order valence-electron chi connectivity index (χ1n) is 7.52. The summed E-state index contributed by atoms with van der Waals surface area (Å²) in [6, 6.07) is 4.47. The Morgan fingerprint density at radius 2 is 2.33 bits per heavy atom. The molecule has 21 heavy (non-hydrogen) atoms. The lowest BCUT2D eigenvalue weighted by Crippen LogP contribution is -2.40. The molecule has 5 heteroatoms. The summed E-state index contributed by atoms with van der Waals surface area (Å²) in [5, 5.41) is 10.2. The van der Waals surface area contributed by atoms with Crippen molar-refractivity contribution in [3.63, 3.8) is 0 Å². The fraction of sp³-hybridized carbons (Fsp3) is 0.562. The van der Waals surface area contributed by atoms with Crippen molar-refractivity contribution in [3.05, 3.63) is 29.0 Å². The van der Waals surface area contributed by atoms with E-state index in [1.165, 1.54) is 4.88 Å². The fourth-order valence-electron chi connectivity index (χ4n) is 2.96. The minimum atomic E-state index is 0.320. The van der Waals surface area contributed by atoms with Gasteiger partial charge in [-0.3, -0.25) is 4.90 Å². The lowest BCUT2D eigenvalue weighted by atomic mass is 9.92. The van der Waals surface area contributed by atoms with Crippen LogP contribution >= 0.6 is 11.3 Å². The van der Waals surface area contributed by atoms with Crippen LogP contribution in [-0.4, -0.2) is 34.2 Å². The number of aromatic nitrogens is 1. The van der Waals surface area contributed by atoms with Crippen molar-refractivity contribution < 1.29 is 9.52 Å². The number of aliphatic hydroxyl groups is 1. The first-order chi connectivity index (χ1) is 10.2. The number of nitrogens with zero attached hydrogens (tertiary/aromatic N) is 2. The van der Waals surface area contributed by atoms with Crippen LogP contribution in [0.3, 0.4) is 0 Å². The van der Waals surface area contributed by atoms with Crippen LogP contribution in [0.25, 0.3) is 10.8 Å². The standard InChI is InChI=1S/C16H22N2O2S/c1-11-7-13(10-19)5-6-18(11)9-14-8-17-16(21-14)15-4-3-12(2)20-15/h3-4,8,11,13,19H,5-7,9-10H2,1-2H3/t11-,13-/m0/s1. The van der Waals surface area contributed by atoms with Crippen molar-refractivity contribution in [2.45, 2.75) is 39.3 Å². The van der Waals surface area contributed by atoms with Crippen LogP contribution in [0.4, 0.5) is 0 Å². The molecule has 0 bridgehead atoms. The van der Waals surface area contributed by atoms with Gasteiger partial charge in [-0.1, -0.05) is 0 Å². The maximum absolute atomic E-state index is 9.28. The van der Waals surface area contributed by atoms with Gasteiger partial charge in [0.15, 0.2) is 10.8 Å². The maximum Gasteiger partial charge on any atom is 0.162 e. The third kappa shape index (κ3) is 3.36. The monoisotopic (exact) mass is 306 g/mol. The minimum absolute atomic E-state index is 0.320. The number of hydrogen-bond donors (Lipinski definition) is 1. The zero-order valence-electron chi connectivity index (χ0n) is 12.6. The van der Waals surface area contributed by atoms with Crippen LogP contribution in [0.1, 0.15) is 30.4 Å². The predicted molar refractivity (Wildman–Crippen MR) is 84.2 cm³/mol. The van der Waals surface area contributed by atoms with Crippen molar-refractivity contribution in [1.82, 2.24) is 9.88 Å². The summed E-state index contributed by atoms with van der Waals surface area (Å²) >= 11 is 1.71. The smallest absolute Gasteiger partial charge is 0.162 e. The van der Waals surface area contributed by atoms with E-state index in [2.05, 4.69) is 16.8 Å². The molecule has 2 aromatic rings. The van der Waals surface area contributed by atoms with Crippen LogP contribution in [0.15, 0.2) is 22.7 Å². The van der Waals surface area contributed by atoms with Crippen molar-refractivity contribution in [1.29, 1.82) is 0 Å². The van der Waals surface area contributed by atoms with E-state index in [9.17, 15) is 5.11 Å².